The summed E-state index contributed by atoms with van der Waals surface area (Å²) in [5, 5.41) is 0. The molecule has 0 aromatic heterocycles. The van der Waals surface area contributed by atoms with Gasteiger partial charge in [0.05, 0.1) is 19.9 Å². The van der Waals surface area contributed by atoms with Gasteiger partial charge >= 0.3 is 0 Å². The molecular formula is C17H19NO6S. The van der Waals surface area contributed by atoms with E-state index in [4.69, 9.17) is 18.9 Å². The molecule has 134 valence electrons. The summed E-state index contributed by atoms with van der Waals surface area (Å²) in [4.78, 5) is 0.0360. The first-order valence-corrected chi connectivity index (χ1v) is 9.09. The number of fused-ring (bicyclic) bond motifs is 1. The second-order valence-corrected chi connectivity index (χ2v) is 7.05. The van der Waals surface area contributed by atoms with Gasteiger partial charge in [-0.3, -0.25) is 4.31 Å². The van der Waals surface area contributed by atoms with Gasteiger partial charge in [0, 0.05) is 18.7 Å². The van der Waals surface area contributed by atoms with Gasteiger partial charge in [-0.15, -0.1) is 0 Å². The van der Waals surface area contributed by atoms with E-state index in [1.807, 2.05) is 0 Å². The fourth-order valence-electron chi connectivity index (χ4n) is 2.64. The first-order valence-electron chi connectivity index (χ1n) is 7.65. The number of nitrogens with zero attached hydrogens (tertiary/aromatic N) is 1. The van der Waals surface area contributed by atoms with Crippen LogP contribution in [0, 0.1) is 0 Å². The molecule has 0 fully saturated rings. The average Bonchev–Trinajstić information content (AvgIpc) is 3.09. The van der Waals surface area contributed by atoms with Gasteiger partial charge in [0.1, 0.15) is 16.4 Å². The lowest BCUT2D eigenvalue weighted by Gasteiger charge is -2.24. The molecular weight excluding hydrogens is 346 g/mol. The third kappa shape index (κ3) is 3.05. The van der Waals surface area contributed by atoms with E-state index < -0.39 is 10.0 Å². The highest BCUT2D eigenvalue weighted by Crippen LogP contribution is 2.38. The van der Waals surface area contributed by atoms with E-state index in [9.17, 15) is 8.42 Å². The summed E-state index contributed by atoms with van der Waals surface area (Å²) in [6, 6.07) is 9.69. The quantitative estimate of drug-likeness (QED) is 0.783. The van der Waals surface area contributed by atoms with E-state index in [0.717, 1.165) is 0 Å². The van der Waals surface area contributed by atoms with E-state index >= 15 is 0 Å². The third-order valence-electron chi connectivity index (χ3n) is 3.87. The van der Waals surface area contributed by atoms with Gasteiger partial charge in [-0.2, -0.15) is 0 Å². The number of rotatable bonds is 6. The summed E-state index contributed by atoms with van der Waals surface area (Å²) in [5.41, 5.74) is 0.483. The van der Waals surface area contributed by atoms with Crippen LogP contribution >= 0.6 is 0 Å². The molecule has 7 nitrogen and oxygen atoms in total. The molecule has 1 heterocycles. The molecule has 0 aliphatic carbocycles. The first-order chi connectivity index (χ1) is 12.0. The van der Waals surface area contributed by atoms with E-state index in [-0.39, 0.29) is 24.0 Å². The maximum atomic E-state index is 13.2. The van der Waals surface area contributed by atoms with Gasteiger partial charge in [-0.1, -0.05) is 0 Å². The fraction of sp³-hybridized carbons (Fsp3) is 0.294. The van der Waals surface area contributed by atoms with Crippen LogP contribution in [0.1, 0.15) is 6.92 Å². The van der Waals surface area contributed by atoms with Crippen LogP contribution in [-0.2, 0) is 10.0 Å². The van der Waals surface area contributed by atoms with Crippen LogP contribution in [0.3, 0.4) is 0 Å². The Hall–Kier alpha value is -2.61. The molecule has 2 aromatic carbocycles. The Labute approximate surface area is 146 Å². The van der Waals surface area contributed by atoms with Crippen molar-refractivity contribution in [3.05, 3.63) is 36.4 Å². The molecule has 3 rings (SSSR count). The molecule has 25 heavy (non-hydrogen) atoms. The summed E-state index contributed by atoms with van der Waals surface area (Å²) in [6.07, 6.45) is 0. The Bertz CT molecular complexity index is 881. The lowest BCUT2D eigenvalue weighted by atomic mass is 10.3. The van der Waals surface area contributed by atoms with Crippen molar-refractivity contribution >= 4 is 15.7 Å². The van der Waals surface area contributed by atoms with Crippen LogP contribution in [0.25, 0.3) is 0 Å². The monoisotopic (exact) mass is 365 g/mol. The molecule has 0 N–H and O–H groups in total. The molecule has 1 aliphatic rings. The molecule has 0 saturated carbocycles. The van der Waals surface area contributed by atoms with Crippen molar-refractivity contribution in [1.82, 2.24) is 0 Å². The van der Waals surface area contributed by atoms with Crippen LogP contribution in [-0.4, -0.2) is 36.0 Å². The van der Waals surface area contributed by atoms with Crippen molar-refractivity contribution in [2.75, 3.05) is 31.9 Å². The highest BCUT2D eigenvalue weighted by molar-refractivity contribution is 7.93. The number of methoxy groups -OCH3 is 2. The Morgan fingerprint density at radius 2 is 1.80 bits per heavy atom. The lowest BCUT2D eigenvalue weighted by Crippen LogP contribution is -2.31. The molecule has 0 radical (unpaired) electrons. The van der Waals surface area contributed by atoms with Gasteiger partial charge in [0.25, 0.3) is 10.0 Å². The average molecular weight is 365 g/mol. The number of hydrogen-bond donors (Lipinski definition) is 0. The van der Waals surface area contributed by atoms with Crippen LogP contribution in [0.4, 0.5) is 5.69 Å². The van der Waals surface area contributed by atoms with E-state index in [2.05, 4.69) is 0 Å². The highest BCUT2D eigenvalue weighted by Gasteiger charge is 2.29. The largest absolute Gasteiger partial charge is 0.497 e. The summed E-state index contributed by atoms with van der Waals surface area (Å²) in [7, 11) is -0.957. The zero-order valence-electron chi connectivity index (χ0n) is 14.2. The van der Waals surface area contributed by atoms with Crippen LogP contribution < -0.4 is 23.3 Å². The van der Waals surface area contributed by atoms with Gasteiger partial charge in [-0.25, -0.2) is 8.42 Å². The molecule has 0 spiro atoms. The van der Waals surface area contributed by atoms with Crippen molar-refractivity contribution in [2.24, 2.45) is 0 Å². The fourth-order valence-corrected chi connectivity index (χ4v) is 4.28. The number of sulfonamides is 1. The maximum Gasteiger partial charge on any atom is 0.268 e. The Morgan fingerprint density at radius 3 is 2.48 bits per heavy atom. The Kier molecular flexibility index (Phi) is 4.63. The Morgan fingerprint density at radius 1 is 1.04 bits per heavy atom. The molecule has 0 bridgehead atoms. The van der Waals surface area contributed by atoms with Gasteiger partial charge in [0.2, 0.25) is 6.79 Å². The van der Waals surface area contributed by atoms with Crippen molar-refractivity contribution in [3.8, 4) is 23.0 Å². The molecule has 0 saturated heterocycles. The van der Waals surface area contributed by atoms with Gasteiger partial charge in [0.15, 0.2) is 11.5 Å². The highest BCUT2D eigenvalue weighted by atomic mass is 32.2. The van der Waals surface area contributed by atoms with E-state index in [1.165, 1.54) is 24.6 Å². The second kappa shape index (κ2) is 6.72. The first kappa shape index (κ1) is 17.2. The zero-order valence-corrected chi connectivity index (χ0v) is 15.0. The van der Waals surface area contributed by atoms with Crippen molar-refractivity contribution in [1.29, 1.82) is 0 Å². The minimum Gasteiger partial charge on any atom is -0.497 e. The predicted molar refractivity (Wildman–Crippen MR) is 92.3 cm³/mol. The minimum atomic E-state index is -3.86. The van der Waals surface area contributed by atoms with Crippen molar-refractivity contribution in [3.63, 3.8) is 0 Å². The van der Waals surface area contributed by atoms with Crippen molar-refractivity contribution < 1.29 is 27.4 Å². The molecule has 1 aliphatic heterocycles. The third-order valence-corrected chi connectivity index (χ3v) is 5.79. The molecule has 0 atom stereocenters. The summed E-state index contributed by atoms with van der Waals surface area (Å²) >= 11 is 0. The summed E-state index contributed by atoms with van der Waals surface area (Å²) < 4.78 is 48.8. The number of ether oxygens (including phenoxy) is 4. The molecule has 0 amide bonds. The normalized spacial score (nSPS) is 12.8. The van der Waals surface area contributed by atoms with Crippen LogP contribution in [0.2, 0.25) is 0 Å². The second-order valence-electron chi connectivity index (χ2n) is 5.22. The summed E-state index contributed by atoms with van der Waals surface area (Å²) in [6.45, 7) is 2.12. The molecule has 8 heteroatoms. The van der Waals surface area contributed by atoms with Gasteiger partial charge < -0.3 is 18.9 Å². The Balaban J connectivity index is 2.08. The predicted octanol–water partition coefficient (Wildman–Crippen LogP) is 2.65. The van der Waals surface area contributed by atoms with Crippen LogP contribution in [0.15, 0.2) is 41.3 Å². The van der Waals surface area contributed by atoms with E-state index in [0.29, 0.717) is 22.9 Å². The number of benzene rings is 2. The number of anilines is 1. The smallest absolute Gasteiger partial charge is 0.268 e. The topological polar surface area (TPSA) is 74.3 Å². The zero-order chi connectivity index (χ0) is 18.0. The standard InChI is InChI=1S/C17H19NO6S/c1-4-18(12-5-7-14-16(9-12)24-11-23-14)25(19,20)17-10-13(21-2)6-8-15(17)22-3/h5-10H,4,11H2,1-3H3. The molecule has 0 unspecified atom stereocenters. The number of hydrogen-bond acceptors (Lipinski definition) is 6. The minimum absolute atomic E-state index is 0.0360. The summed E-state index contributed by atoms with van der Waals surface area (Å²) in [5.74, 6) is 1.79. The lowest BCUT2D eigenvalue weighted by molar-refractivity contribution is 0.174. The molecule has 2 aromatic rings. The SMILES string of the molecule is CCN(c1ccc2c(c1)OCO2)S(=O)(=O)c1cc(OC)ccc1OC. The van der Waals surface area contributed by atoms with Crippen LogP contribution in [0.5, 0.6) is 23.0 Å². The van der Waals surface area contributed by atoms with E-state index in [1.54, 1.807) is 37.3 Å². The van der Waals surface area contributed by atoms with Crippen molar-refractivity contribution in [2.45, 2.75) is 11.8 Å². The maximum absolute atomic E-state index is 13.2. The van der Waals surface area contributed by atoms with Gasteiger partial charge in [-0.05, 0) is 31.2 Å².